The molecule has 0 aromatic heterocycles. The standard InChI is InChI=1S/C8H16N2O6S/c1-6-3-10(4-7(5-11)16-6)17(13,14)9-8(12)15-2/h6-7,11H,3-5H2,1-2H3,(H,9,12). The van der Waals surface area contributed by atoms with Crippen LogP contribution in [0.25, 0.3) is 0 Å². The molecule has 1 rings (SSSR count). The molecule has 1 heterocycles. The van der Waals surface area contributed by atoms with Gasteiger partial charge in [-0.25, -0.2) is 9.52 Å². The molecule has 9 heteroatoms. The molecule has 17 heavy (non-hydrogen) atoms. The van der Waals surface area contributed by atoms with Gasteiger partial charge in [0, 0.05) is 13.1 Å². The van der Waals surface area contributed by atoms with Gasteiger partial charge in [0.05, 0.1) is 25.9 Å². The Morgan fingerprint density at radius 2 is 2.24 bits per heavy atom. The summed E-state index contributed by atoms with van der Waals surface area (Å²) in [5.41, 5.74) is 0. The minimum Gasteiger partial charge on any atom is -0.452 e. The first kappa shape index (κ1) is 14.2. The third-order valence-corrected chi connectivity index (χ3v) is 3.64. The lowest BCUT2D eigenvalue weighted by Crippen LogP contribution is -2.54. The molecule has 0 saturated carbocycles. The van der Waals surface area contributed by atoms with Crippen molar-refractivity contribution in [1.29, 1.82) is 0 Å². The number of aliphatic hydroxyl groups excluding tert-OH is 1. The molecule has 1 fully saturated rings. The second kappa shape index (κ2) is 5.63. The number of amides is 1. The van der Waals surface area contributed by atoms with E-state index in [1.807, 2.05) is 0 Å². The average Bonchev–Trinajstić information content (AvgIpc) is 2.27. The van der Waals surface area contributed by atoms with Crippen molar-refractivity contribution in [3.63, 3.8) is 0 Å². The summed E-state index contributed by atoms with van der Waals surface area (Å²) in [4.78, 5) is 10.9. The van der Waals surface area contributed by atoms with Gasteiger partial charge in [0.15, 0.2) is 0 Å². The molecule has 8 nitrogen and oxygen atoms in total. The molecule has 2 unspecified atom stereocenters. The lowest BCUT2D eigenvalue weighted by molar-refractivity contribution is -0.0752. The predicted octanol–water partition coefficient (Wildman–Crippen LogP) is -1.33. The van der Waals surface area contributed by atoms with Crippen LogP contribution in [0.15, 0.2) is 0 Å². The summed E-state index contributed by atoms with van der Waals surface area (Å²) >= 11 is 0. The molecule has 1 aliphatic rings. The number of hydrogen-bond donors (Lipinski definition) is 2. The largest absolute Gasteiger partial charge is 0.452 e. The number of methoxy groups -OCH3 is 1. The average molecular weight is 268 g/mol. The SMILES string of the molecule is COC(=O)NS(=O)(=O)N1CC(C)OC(CO)C1. The molecule has 0 aromatic carbocycles. The fourth-order valence-corrected chi connectivity index (χ4v) is 2.70. The van der Waals surface area contributed by atoms with E-state index in [1.165, 1.54) is 0 Å². The Hall–Kier alpha value is -0.900. The number of nitrogens with one attached hydrogen (secondary N) is 1. The highest BCUT2D eigenvalue weighted by Gasteiger charge is 2.33. The second-order valence-electron chi connectivity index (χ2n) is 3.67. The molecule has 0 aromatic rings. The van der Waals surface area contributed by atoms with Crippen LogP contribution in [-0.2, 0) is 19.7 Å². The van der Waals surface area contributed by atoms with Gasteiger partial charge in [0.1, 0.15) is 0 Å². The Balaban J connectivity index is 2.73. The molecule has 0 spiro atoms. The third-order valence-electron chi connectivity index (χ3n) is 2.23. The Kier molecular flexibility index (Phi) is 4.69. The van der Waals surface area contributed by atoms with Crippen molar-refractivity contribution in [3.05, 3.63) is 0 Å². The van der Waals surface area contributed by atoms with Crippen LogP contribution in [0.2, 0.25) is 0 Å². The zero-order valence-corrected chi connectivity index (χ0v) is 10.4. The predicted molar refractivity (Wildman–Crippen MR) is 57.5 cm³/mol. The van der Waals surface area contributed by atoms with Crippen molar-refractivity contribution in [2.24, 2.45) is 0 Å². The minimum atomic E-state index is -3.95. The molecule has 1 saturated heterocycles. The fraction of sp³-hybridized carbons (Fsp3) is 0.875. The number of morpholine rings is 1. The molecule has 2 N–H and O–H groups in total. The van der Waals surface area contributed by atoms with Gasteiger partial charge in [-0.3, -0.25) is 0 Å². The Labute approximate surface area is 99.7 Å². The quantitative estimate of drug-likeness (QED) is 0.657. The summed E-state index contributed by atoms with van der Waals surface area (Å²) in [5.74, 6) is 0. The first-order chi connectivity index (χ1) is 7.89. The molecular formula is C8H16N2O6S. The highest BCUT2D eigenvalue weighted by molar-refractivity contribution is 7.87. The van der Waals surface area contributed by atoms with Gasteiger partial charge in [-0.05, 0) is 6.92 Å². The van der Waals surface area contributed by atoms with Gasteiger partial charge >= 0.3 is 16.3 Å². The first-order valence-corrected chi connectivity index (χ1v) is 6.45. The molecule has 0 aliphatic carbocycles. The Morgan fingerprint density at radius 3 is 2.76 bits per heavy atom. The number of nitrogens with zero attached hydrogens (tertiary/aromatic N) is 1. The third kappa shape index (κ3) is 3.80. The number of rotatable bonds is 3. The van der Waals surface area contributed by atoms with Crippen LogP contribution in [-0.4, -0.2) is 62.9 Å². The minimum absolute atomic E-state index is 0.00678. The fourth-order valence-electron chi connectivity index (χ4n) is 1.51. The van der Waals surface area contributed by atoms with E-state index in [4.69, 9.17) is 9.84 Å². The van der Waals surface area contributed by atoms with E-state index >= 15 is 0 Å². The zero-order valence-electron chi connectivity index (χ0n) is 9.62. The van der Waals surface area contributed by atoms with Gasteiger partial charge in [0.25, 0.3) is 0 Å². The second-order valence-corrected chi connectivity index (χ2v) is 5.34. The lowest BCUT2D eigenvalue weighted by atomic mass is 10.2. The summed E-state index contributed by atoms with van der Waals surface area (Å²) in [6.45, 7) is 1.51. The van der Waals surface area contributed by atoms with Crippen molar-refractivity contribution in [2.75, 3.05) is 26.8 Å². The summed E-state index contributed by atoms with van der Waals surface area (Å²) in [6.07, 6.45) is -1.99. The Bertz CT molecular complexity index is 370. The smallest absolute Gasteiger partial charge is 0.421 e. The Morgan fingerprint density at radius 1 is 1.59 bits per heavy atom. The van der Waals surface area contributed by atoms with E-state index in [0.717, 1.165) is 11.4 Å². The number of ether oxygens (including phenoxy) is 2. The number of carbonyl (C=O) groups is 1. The van der Waals surface area contributed by atoms with E-state index in [-0.39, 0.29) is 25.8 Å². The lowest BCUT2D eigenvalue weighted by Gasteiger charge is -2.34. The van der Waals surface area contributed by atoms with Crippen molar-refractivity contribution >= 4 is 16.3 Å². The van der Waals surface area contributed by atoms with Crippen LogP contribution in [0.1, 0.15) is 6.92 Å². The van der Waals surface area contributed by atoms with Crippen LogP contribution < -0.4 is 4.72 Å². The summed E-state index contributed by atoms with van der Waals surface area (Å²) in [5, 5.41) is 8.96. The maximum Gasteiger partial charge on any atom is 0.421 e. The molecule has 100 valence electrons. The summed E-state index contributed by atoms with van der Waals surface area (Å²) < 4.78 is 35.8. The zero-order chi connectivity index (χ0) is 13.1. The normalized spacial score (nSPS) is 26.5. The van der Waals surface area contributed by atoms with Gasteiger partial charge < -0.3 is 14.6 Å². The van der Waals surface area contributed by atoms with Crippen molar-refractivity contribution in [2.45, 2.75) is 19.1 Å². The molecule has 1 amide bonds. The molecule has 2 atom stereocenters. The summed E-state index contributed by atoms with van der Waals surface area (Å²) in [7, 11) is -2.88. The first-order valence-electron chi connectivity index (χ1n) is 5.01. The van der Waals surface area contributed by atoms with Gasteiger partial charge in [-0.15, -0.1) is 0 Å². The van der Waals surface area contributed by atoms with Crippen molar-refractivity contribution in [3.8, 4) is 0 Å². The van der Waals surface area contributed by atoms with E-state index in [0.29, 0.717) is 0 Å². The van der Waals surface area contributed by atoms with E-state index in [9.17, 15) is 13.2 Å². The topological polar surface area (TPSA) is 105 Å². The van der Waals surface area contributed by atoms with E-state index < -0.39 is 22.4 Å². The van der Waals surface area contributed by atoms with Gasteiger partial charge in [0.2, 0.25) is 0 Å². The number of aliphatic hydroxyl groups is 1. The monoisotopic (exact) mass is 268 g/mol. The van der Waals surface area contributed by atoms with E-state index in [1.54, 1.807) is 11.6 Å². The van der Waals surface area contributed by atoms with Gasteiger partial charge in [-0.2, -0.15) is 12.7 Å². The van der Waals surface area contributed by atoms with Crippen LogP contribution in [0, 0.1) is 0 Å². The number of carbonyl (C=O) groups excluding carboxylic acids is 1. The maximum atomic E-state index is 11.7. The number of hydrogen-bond acceptors (Lipinski definition) is 6. The maximum absolute atomic E-state index is 11.7. The van der Waals surface area contributed by atoms with Crippen molar-refractivity contribution < 1.29 is 27.8 Å². The molecule has 0 radical (unpaired) electrons. The highest BCUT2D eigenvalue weighted by Crippen LogP contribution is 2.13. The van der Waals surface area contributed by atoms with Gasteiger partial charge in [-0.1, -0.05) is 0 Å². The molecule has 1 aliphatic heterocycles. The van der Waals surface area contributed by atoms with Crippen LogP contribution >= 0.6 is 0 Å². The van der Waals surface area contributed by atoms with Crippen LogP contribution in [0.3, 0.4) is 0 Å². The molecular weight excluding hydrogens is 252 g/mol. The van der Waals surface area contributed by atoms with E-state index in [2.05, 4.69) is 4.74 Å². The van der Waals surface area contributed by atoms with Crippen LogP contribution in [0.5, 0.6) is 0 Å². The van der Waals surface area contributed by atoms with Crippen LogP contribution in [0.4, 0.5) is 4.79 Å². The summed E-state index contributed by atoms with van der Waals surface area (Å²) in [6, 6.07) is 0. The highest BCUT2D eigenvalue weighted by atomic mass is 32.2. The molecule has 0 bridgehead atoms. The van der Waals surface area contributed by atoms with Crippen molar-refractivity contribution in [1.82, 2.24) is 9.03 Å².